The molecule has 188 valence electrons. The van der Waals surface area contributed by atoms with Gasteiger partial charge >= 0.3 is 0 Å². The number of carbonyl (C=O) groups excluding carboxylic acids is 1. The molecule has 3 aromatic carbocycles. The summed E-state index contributed by atoms with van der Waals surface area (Å²) < 4.78 is 39.3. The molecular weight excluding hydrogens is 546 g/mol. The van der Waals surface area contributed by atoms with Crippen molar-refractivity contribution in [3.63, 3.8) is 0 Å². The molecular formula is C26H26BrN3O5S. The predicted octanol–water partition coefficient (Wildman–Crippen LogP) is 4.68. The van der Waals surface area contributed by atoms with E-state index in [2.05, 4.69) is 33.0 Å². The Morgan fingerprint density at radius 3 is 2.47 bits per heavy atom. The van der Waals surface area contributed by atoms with Crippen LogP contribution >= 0.6 is 15.9 Å². The second kappa shape index (κ2) is 12.4. The Morgan fingerprint density at radius 1 is 1.14 bits per heavy atom. The molecule has 0 aliphatic carbocycles. The van der Waals surface area contributed by atoms with Crippen LogP contribution in [0.5, 0.6) is 11.5 Å². The number of hydrogen-bond donors (Lipinski definition) is 1. The second-order valence-electron chi connectivity index (χ2n) is 7.59. The van der Waals surface area contributed by atoms with E-state index in [0.717, 1.165) is 9.87 Å². The van der Waals surface area contributed by atoms with E-state index in [1.807, 2.05) is 6.92 Å². The average molecular weight is 572 g/mol. The van der Waals surface area contributed by atoms with Gasteiger partial charge in [-0.15, -0.1) is 0 Å². The molecule has 1 N–H and O–H groups in total. The van der Waals surface area contributed by atoms with Crippen LogP contribution in [0.1, 0.15) is 11.1 Å². The first-order valence-electron chi connectivity index (χ1n) is 10.8. The first kappa shape index (κ1) is 27.0. The summed E-state index contributed by atoms with van der Waals surface area (Å²) in [5, 5.41) is 3.99. The van der Waals surface area contributed by atoms with E-state index in [1.165, 1.54) is 25.5 Å². The number of hydrazone groups is 1. The van der Waals surface area contributed by atoms with E-state index in [0.29, 0.717) is 33.8 Å². The predicted molar refractivity (Wildman–Crippen MR) is 144 cm³/mol. The van der Waals surface area contributed by atoms with Gasteiger partial charge < -0.3 is 9.47 Å². The molecule has 3 rings (SSSR count). The van der Waals surface area contributed by atoms with E-state index in [1.54, 1.807) is 60.7 Å². The zero-order valence-corrected chi connectivity index (χ0v) is 22.3. The minimum Gasteiger partial charge on any atom is -0.493 e. The van der Waals surface area contributed by atoms with Crippen LogP contribution in [0.4, 0.5) is 5.69 Å². The Morgan fingerprint density at radius 2 is 1.83 bits per heavy atom. The number of ether oxygens (including phenoxy) is 2. The highest BCUT2D eigenvalue weighted by Gasteiger charge is 2.27. The lowest BCUT2D eigenvalue weighted by atomic mass is 10.2. The number of sulfonamides is 1. The van der Waals surface area contributed by atoms with Gasteiger partial charge in [0.05, 0.1) is 28.4 Å². The van der Waals surface area contributed by atoms with Crippen LogP contribution < -0.4 is 19.2 Å². The zero-order valence-electron chi connectivity index (χ0n) is 19.8. The summed E-state index contributed by atoms with van der Waals surface area (Å²) in [6, 6.07) is 18.3. The van der Waals surface area contributed by atoms with Gasteiger partial charge in [0.2, 0.25) is 0 Å². The number of amides is 1. The smallest absolute Gasteiger partial charge is 0.264 e. The number of benzene rings is 3. The highest BCUT2D eigenvalue weighted by molar-refractivity contribution is 9.10. The van der Waals surface area contributed by atoms with Gasteiger partial charge in [-0.05, 0) is 64.8 Å². The van der Waals surface area contributed by atoms with Crippen molar-refractivity contribution in [3.8, 4) is 11.5 Å². The van der Waals surface area contributed by atoms with Crippen LogP contribution in [0.3, 0.4) is 0 Å². The summed E-state index contributed by atoms with van der Waals surface area (Å²) >= 11 is 3.44. The molecule has 0 saturated carbocycles. The third-order valence-electron chi connectivity index (χ3n) is 4.94. The van der Waals surface area contributed by atoms with Gasteiger partial charge in [0.1, 0.15) is 13.2 Å². The molecule has 8 nitrogen and oxygen atoms in total. The molecule has 3 aromatic rings. The Hall–Kier alpha value is -3.63. The van der Waals surface area contributed by atoms with Crippen molar-refractivity contribution in [1.29, 1.82) is 0 Å². The number of carbonyl (C=O) groups is 1. The van der Waals surface area contributed by atoms with Gasteiger partial charge in [0.25, 0.3) is 15.9 Å². The molecule has 1 amide bonds. The number of nitrogens with zero attached hydrogens (tertiary/aromatic N) is 2. The lowest BCUT2D eigenvalue weighted by Gasteiger charge is -2.23. The maximum atomic E-state index is 13.3. The molecule has 0 saturated heterocycles. The van der Waals surface area contributed by atoms with Crippen LogP contribution in [0.2, 0.25) is 0 Å². The van der Waals surface area contributed by atoms with E-state index in [-0.39, 0.29) is 4.90 Å². The molecule has 0 spiro atoms. The molecule has 0 aliphatic rings. The van der Waals surface area contributed by atoms with Crippen molar-refractivity contribution >= 4 is 43.8 Å². The quantitative estimate of drug-likeness (QED) is 0.205. The summed E-state index contributed by atoms with van der Waals surface area (Å²) in [5.41, 5.74) is 4.35. The largest absolute Gasteiger partial charge is 0.493 e. The van der Waals surface area contributed by atoms with Gasteiger partial charge in [0.15, 0.2) is 11.5 Å². The molecule has 0 bridgehead atoms. The topological polar surface area (TPSA) is 97.3 Å². The normalized spacial score (nSPS) is 11.2. The lowest BCUT2D eigenvalue weighted by molar-refractivity contribution is -0.119. The molecule has 0 radical (unpaired) electrons. The minimum absolute atomic E-state index is 0.0811. The molecule has 0 unspecified atom stereocenters. The number of halogens is 1. The fourth-order valence-electron chi connectivity index (χ4n) is 3.19. The van der Waals surface area contributed by atoms with Crippen LogP contribution in [0.15, 0.2) is 93.9 Å². The van der Waals surface area contributed by atoms with Gasteiger partial charge in [-0.25, -0.2) is 13.8 Å². The maximum absolute atomic E-state index is 13.3. The summed E-state index contributed by atoms with van der Waals surface area (Å²) in [6.07, 6.45) is 3.04. The Bertz CT molecular complexity index is 1340. The standard InChI is InChI=1S/C26H26BrN3O5S/c1-4-14-35-26-23(27)15-20(16-24(26)34-3)17-28-29-25(31)18-30(21-12-10-19(2)11-13-21)36(32,33)22-8-6-5-7-9-22/h4-13,15-17H,1,14,18H2,2-3H3,(H,29,31)/b28-17+. The third-order valence-corrected chi connectivity index (χ3v) is 7.32. The maximum Gasteiger partial charge on any atom is 0.264 e. The van der Waals surface area contributed by atoms with Crippen molar-refractivity contribution in [3.05, 3.63) is 95.0 Å². The van der Waals surface area contributed by atoms with Crippen molar-refractivity contribution in [2.45, 2.75) is 11.8 Å². The molecule has 10 heteroatoms. The summed E-state index contributed by atoms with van der Waals surface area (Å²) in [5.74, 6) is 0.375. The number of aryl methyl sites for hydroxylation is 1. The van der Waals surface area contributed by atoms with Gasteiger partial charge in [-0.3, -0.25) is 9.10 Å². The van der Waals surface area contributed by atoms with Crippen LogP contribution in [0.25, 0.3) is 0 Å². The lowest BCUT2D eigenvalue weighted by Crippen LogP contribution is -2.39. The number of methoxy groups -OCH3 is 1. The van der Waals surface area contributed by atoms with Gasteiger partial charge in [-0.1, -0.05) is 48.6 Å². The first-order chi connectivity index (χ1) is 17.3. The zero-order chi connectivity index (χ0) is 26.1. The summed E-state index contributed by atoms with van der Waals surface area (Å²) in [7, 11) is -2.48. The number of hydrogen-bond acceptors (Lipinski definition) is 6. The fraction of sp³-hybridized carbons (Fsp3) is 0.154. The number of anilines is 1. The highest BCUT2D eigenvalue weighted by Crippen LogP contribution is 2.36. The molecule has 0 heterocycles. The molecule has 0 aromatic heterocycles. The van der Waals surface area contributed by atoms with E-state index < -0.39 is 22.5 Å². The Kier molecular flexibility index (Phi) is 9.26. The van der Waals surface area contributed by atoms with Gasteiger partial charge in [0, 0.05) is 0 Å². The van der Waals surface area contributed by atoms with Gasteiger partial charge in [-0.2, -0.15) is 5.10 Å². The highest BCUT2D eigenvalue weighted by atomic mass is 79.9. The average Bonchev–Trinajstić information content (AvgIpc) is 2.87. The molecule has 0 atom stereocenters. The molecule has 0 aliphatic heterocycles. The minimum atomic E-state index is -3.99. The van der Waals surface area contributed by atoms with Crippen molar-refractivity contribution < 1.29 is 22.7 Å². The SMILES string of the molecule is C=CCOc1c(Br)cc(/C=N/NC(=O)CN(c2ccc(C)cc2)S(=O)(=O)c2ccccc2)cc1OC. The van der Waals surface area contributed by atoms with Crippen LogP contribution in [-0.2, 0) is 14.8 Å². The first-order valence-corrected chi connectivity index (χ1v) is 13.1. The monoisotopic (exact) mass is 571 g/mol. The molecule has 0 fully saturated rings. The van der Waals surface area contributed by atoms with Crippen molar-refractivity contribution in [2.75, 3.05) is 24.6 Å². The summed E-state index contributed by atoms with van der Waals surface area (Å²) in [6.45, 7) is 5.37. The second-order valence-corrected chi connectivity index (χ2v) is 10.3. The number of rotatable bonds is 11. The van der Waals surface area contributed by atoms with Crippen LogP contribution in [0, 0.1) is 6.92 Å². The number of nitrogens with one attached hydrogen (secondary N) is 1. The molecule has 36 heavy (non-hydrogen) atoms. The van der Waals surface area contributed by atoms with Crippen LogP contribution in [-0.4, -0.2) is 40.8 Å². The third kappa shape index (κ3) is 6.73. The van der Waals surface area contributed by atoms with E-state index in [9.17, 15) is 13.2 Å². The fourth-order valence-corrected chi connectivity index (χ4v) is 5.20. The Labute approximate surface area is 219 Å². The summed E-state index contributed by atoms with van der Waals surface area (Å²) in [4.78, 5) is 12.8. The van der Waals surface area contributed by atoms with E-state index in [4.69, 9.17) is 9.47 Å². The van der Waals surface area contributed by atoms with E-state index >= 15 is 0 Å². The van der Waals surface area contributed by atoms with Crippen molar-refractivity contribution in [2.24, 2.45) is 5.10 Å². The van der Waals surface area contributed by atoms with Crippen molar-refractivity contribution in [1.82, 2.24) is 5.43 Å². The Balaban J connectivity index is 1.79.